The van der Waals surface area contributed by atoms with Gasteiger partial charge in [0.25, 0.3) is 5.91 Å². The molecule has 13 heavy (non-hydrogen) atoms. The largest absolute Gasteiger partial charge is 0.290 e. The number of nitrogens with one attached hydrogen (secondary N) is 1. The fourth-order valence-electron chi connectivity index (χ4n) is 0.662. The van der Waals surface area contributed by atoms with Crippen LogP contribution in [-0.2, 0) is 4.79 Å². The maximum Gasteiger partial charge on any atom is 0.261 e. The van der Waals surface area contributed by atoms with Crippen molar-refractivity contribution in [1.82, 2.24) is 5.43 Å². The van der Waals surface area contributed by atoms with Crippen LogP contribution in [0.2, 0.25) is 0 Å². The van der Waals surface area contributed by atoms with E-state index in [1.165, 1.54) is 0 Å². The van der Waals surface area contributed by atoms with Crippen LogP contribution in [0.25, 0.3) is 0 Å². The van der Waals surface area contributed by atoms with E-state index >= 15 is 0 Å². The molecule has 76 valence electrons. The molecule has 3 N–H and O–H groups in total. The van der Waals surface area contributed by atoms with E-state index in [1.807, 2.05) is 39.8 Å². The third-order valence-corrected chi connectivity index (χ3v) is 1.48. The standard InChI is InChI=1S/C8H14N2O.C2H6/c1-4-5-6(2)7(3)8(11)10-9;1-2/h4-5H,9H2,1-3H3,(H,10,11);1-2H3/b5-4-,7-6?;. The molecule has 0 radical (unpaired) electrons. The molecule has 0 atom stereocenters. The highest BCUT2D eigenvalue weighted by Crippen LogP contribution is 2.03. The lowest BCUT2D eigenvalue weighted by molar-refractivity contribution is -0.117. The Morgan fingerprint density at radius 3 is 2.08 bits per heavy atom. The number of carbonyl (C=O) groups excluding carboxylic acids is 1. The van der Waals surface area contributed by atoms with Gasteiger partial charge in [0.15, 0.2) is 0 Å². The third-order valence-electron chi connectivity index (χ3n) is 1.48. The van der Waals surface area contributed by atoms with Gasteiger partial charge in [0, 0.05) is 5.57 Å². The van der Waals surface area contributed by atoms with E-state index in [9.17, 15) is 4.79 Å². The minimum atomic E-state index is -0.236. The molecule has 0 aromatic carbocycles. The van der Waals surface area contributed by atoms with Crippen molar-refractivity contribution >= 4 is 5.91 Å². The van der Waals surface area contributed by atoms with Gasteiger partial charge >= 0.3 is 0 Å². The average molecular weight is 184 g/mol. The summed E-state index contributed by atoms with van der Waals surface area (Å²) in [6.45, 7) is 9.50. The molecule has 3 heteroatoms. The Morgan fingerprint density at radius 2 is 1.77 bits per heavy atom. The smallest absolute Gasteiger partial charge is 0.261 e. The Balaban J connectivity index is 0. The Morgan fingerprint density at radius 1 is 1.31 bits per heavy atom. The van der Waals surface area contributed by atoms with Crippen LogP contribution in [0, 0.1) is 0 Å². The first-order valence-electron chi connectivity index (χ1n) is 4.44. The predicted molar refractivity (Wildman–Crippen MR) is 56.9 cm³/mol. The van der Waals surface area contributed by atoms with E-state index in [0.29, 0.717) is 5.57 Å². The lowest BCUT2D eigenvalue weighted by atomic mass is 10.1. The summed E-state index contributed by atoms with van der Waals surface area (Å²) >= 11 is 0. The Bertz CT molecular complexity index is 205. The minimum Gasteiger partial charge on any atom is -0.290 e. The Kier molecular flexibility index (Phi) is 10.00. The number of carbonyl (C=O) groups is 1. The summed E-state index contributed by atoms with van der Waals surface area (Å²) in [5.74, 6) is 4.71. The molecule has 0 spiro atoms. The van der Waals surface area contributed by atoms with Gasteiger partial charge in [0.1, 0.15) is 0 Å². The SMILES string of the molecule is C/C=C\C(C)=C(C)C(=O)NN.CC. The number of nitrogens with two attached hydrogens (primary N) is 1. The van der Waals surface area contributed by atoms with Crippen molar-refractivity contribution < 1.29 is 4.79 Å². The second-order valence-electron chi connectivity index (χ2n) is 2.28. The van der Waals surface area contributed by atoms with Crippen molar-refractivity contribution in [2.45, 2.75) is 34.6 Å². The van der Waals surface area contributed by atoms with Crippen molar-refractivity contribution in [3.8, 4) is 0 Å². The monoisotopic (exact) mass is 184 g/mol. The molecule has 0 fully saturated rings. The zero-order valence-corrected chi connectivity index (χ0v) is 9.14. The topological polar surface area (TPSA) is 55.1 Å². The zero-order chi connectivity index (χ0) is 10.9. The Labute approximate surface area is 80.7 Å². The van der Waals surface area contributed by atoms with Crippen LogP contribution >= 0.6 is 0 Å². The number of hydrogen-bond donors (Lipinski definition) is 2. The number of hydrazine groups is 1. The third kappa shape index (κ3) is 6.11. The minimum absolute atomic E-state index is 0.236. The van der Waals surface area contributed by atoms with E-state index in [2.05, 4.69) is 5.43 Å². The van der Waals surface area contributed by atoms with E-state index < -0.39 is 0 Å². The van der Waals surface area contributed by atoms with Crippen molar-refractivity contribution in [3.05, 3.63) is 23.3 Å². The average Bonchev–Trinajstić information content (AvgIpc) is 2.19. The number of allylic oxidation sites excluding steroid dienone is 3. The molecule has 0 saturated heterocycles. The fraction of sp³-hybridized carbons (Fsp3) is 0.500. The van der Waals surface area contributed by atoms with Crippen molar-refractivity contribution in [1.29, 1.82) is 0 Å². The maximum absolute atomic E-state index is 10.9. The highest BCUT2D eigenvalue weighted by Gasteiger charge is 2.02. The lowest BCUT2D eigenvalue weighted by Gasteiger charge is -2.00. The van der Waals surface area contributed by atoms with E-state index in [4.69, 9.17) is 5.84 Å². The molecule has 0 bridgehead atoms. The second-order valence-corrected chi connectivity index (χ2v) is 2.28. The predicted octanol–water partition coefficient (Wildman–Crippen LogP) is 1.92. The molecule has 0 aromatic rings. The fourth-order valence-corrected chi connectivity index (χ4v) is 0.662. The van der Waals surface area contributed by atoms with Gasteiger partial charge < -0.3 is 0 Å². The zero-order valence-electron chi connectivity index (χ0n) is 9.14. The van der Waals surface area contributed by atoms with Gasteiger partial charge in [0.05, 0.1) is 0 Å². The van der Waals surface area contributed by atoms with E-state index in [0.717, 1.165) is 5.57 Å². The van der Waals surface area contributed by atoms with Crippen LogP contribution in [0.1, 0.15) is 34.6 Å². The van der Waals surface area contributed by atoms with Crippen LogP contribution < -0.4 is 11.3 Å². The highest BCUT2D eigenvalue weighted by atomic mass is 16.2. The number of rotatable bonds is 2. The summed E-state index contributed by atoms with van der Waals surface area (Å²) in [7, 11) is 0. The molecule has 1 amide bonds. The number of hydrogen-bond acceptors (Lipinski definition) is 2. The van der Waals surface area contributed by atoms with Crippen LogP contribution in [0.5, 0.6) is 0 Å². The summed E-state index contributed by atoms with van der Waals surface area (Å²) < 4.78 is 0. The summed E-state index contributed by atoms with van der Waals surface area (Å²) in [6, 6.07) is 0. The van der Waals surface area contributed by atoms with Crippen LogP contribution in [0.15, 0.2) is 23.3 Å². The molecule has 0 saturated carbocycles. The van der Waals surface area contributed by atoms with E-state index in [1.54, 1.807) is 6.92 Å². The summed E-state index contributed by atoms with van der Waals surface area (Å²) in [4.78, 5) is 10.9. The number of amides is 1. The van der Waals surface area contributed by atoms with Gasteiger partial charge in [0.2, 0.25) is 0 Å². The summed E-state index contributed by atoms with van der Waals surface area (Å²) in [5.41, 5.74) is 3.64. The normalized spacial score (nSPS) is 11.5. The van der Waals surface area contributed by atoms with Gasteiger partial charge in [-0.05, 0) is 26.3 Å². The van der Waals surface area contributed by atoms with Crippen molar-refractivity contribution in [2.75, 3.05) is 0 Å². The molecule has 0 heterocycles. The van der Waals surface area contributed by atoms with Crippen molar-refractivity contribution in [2.24, 2.45) is 5.84 Å². The van der Waals surface area contributed by atoms with Crippen LogP contribution in [0.3, 0.4) is 0 Å². The first-order chi connectivity index (χ1) is 6.13. The Hall–Kier alpha value is -1.09. The molecule has 0 unspecified atom stereocenters. The molecule has 0 aliphatic heterocycles. The quantitative estimate of drug-likeness (QED) is 0.226. The van der Waals surface area contributed by atoms with Gasteiger partial charge in [-0.15, -0.1) is 0 Å². The van der Waals surface area contributed by atoms with Gasteiger partial charge in [-0.25, -0.2) is 5.84 Å². The lowest BCUT2D eigenvalue weighted by Crippen LogP contribution is -2.31. The molecular weight excluding hydrogens is 164 g/mol. The summed E-state index contributed by atoms with van der Waals surface area (Å²) in [6.07, 6.45) is 3.74. The van der Waals surface area contributed by atoms with Crippen LogP contribution in [0.4, 0.5) is 0 Å². The first-order valence-corrected chi connectivity index (χ1v) is 4.44. The first kappa shape index (κ1) is 14.4. The molecule has 0 aromatic heterocycles. The van der Waals surface area contributed by atoms with E-state index in [-0.39, 0.29) is 5.91 Å². The van der Waals surface area contributed by atoms with Crippen LogP contribution in [-0.4, -0.2) is 5.91 Å². The summed E-state index contributed by atoms with van der Waals surface area (Å²) in [5, 5.41) is 0. The van der Waals surface area contributed by atoms with Gasteiger partial charge in [-0.1, -0.05) is 26.0 Å². The maximum atomic E-state index is 10.9. The molecule has 0 aliphatic rings. The van der Waals surface area contributed by atoms with Crippen molar-refractivity contribution in [3.63, 3.8) is 0 Å². The highest BCUT2D eigenvalue weighted by molar-refractivity contribution is 5.93. The molecular formula is C10H20N2O. The molecule has 3 nitrogen and oxygen atoms in total. The van der Waals surface area contributed by atoms with Gasteiger partial charge in [-0.2, -0.15) is 0 Å². The molecule has 0 aliphatic carbocycles. The van der Waals surface area contributed by atoms with Gasteiger partial charge in [-0.3, -0.25) is 10.2 Å². The second kappa shape index (κ2) is 9.00. The molecule has 0 rings (SSSR count).